The Morgan fingerprint density at radius 2 is 1.90 bits per heavy atom. The fourth-order valence-electron chi connectivity index (χ4n) is 4.35. The van der Waals surface area contributed by atoms with Crippen LogP contribution in [-0.2, 0) is 26.7 Å². The maximum Gasteiger partial charge on any atom is 0.136 e. The first-order valence-corrected chi connectivity index (χ1v) is 12.6. The van der Waals surface area contributed by atoms with Crippen LogP contribution in [0.1, 0.15) is 42.7 Å². The highest BCUT2D eigenvalue weighted by Gasteiger charge is 2.31. The molecular weight excluding hydrogens is 412 g/mol. The van der Waals surface area contributed by atoms with Gasteiger partial charge in [0.15, 0.2) is 0 Å². The van der Waals surface area contributed by atoms with Gasteiger partial charge in [0.1, 0.15) is 6.23 Å². The van der Waals surface area contributed by atoms with Crippen LogP contribution in [0, 0.1) is 0 Å². The molecule has 0 radical (unpaired) electrons. The standard InChI is InChI=1S/C24H29NO3P2/c1-3-17-8-10-18(11-9-17)12-19-15-25(23-7-5-4-6-22(19)23)24-14-20(28-29)13-21(27-24)16-30(2)26/h4-11,15,20-21,24H,2-3,12-14,16,29H2,1H3/t20-,21-,24+/m0/s1. The number of rotatable bonds is 7. The number of hydrogen-bond donors (Lipinski definition) is 0. The summed E-state index contributed by atoms with van der Waals surface area (Å²) in [5, 5.41) is 1.24. The van der Waals surface area contributed by atoms with Crippen LogP contribution in [0.5, 0.6) is 0 Å². The van der Waals surface area contributed by atoms with Gasteiger partial charge < -0.3 is 13.8 Å². The Kier molecular flexibility index (Phi) is 6.91. The van der Waals surface area contributed by atoms with E-state index in [0.717, 1.165) is 31.2 Å². The van der Waals surface area contributed by atoms with Gasteiger partial charge in [0.25, 0.3) is 0 Å². The third-order valence-corrected chi connectivity index (χ3v) is 7.10. The Labute approximate surface area is 181 Å². The van der Waals surface area contributed by atoms with Crippen LogP contribution in [-0.4, -0.2) is 29.2 Å². The first-order chi connectivity index (χ1) is 14.6. The molecule has 1 aromatic heterocycles. The summed E-state index contributed by atoms with van der Waals surface area (Å²) in [5.41, 5.74) is 5.10. The largest absolute Gasteiger partial charge is 0.362 e. The first kappa shape index (κ1) is 21.5. The van der Waals surface area contributed by atoms with Gasteiger partial charge in [0.05, 0.1) is 25.1 Å². The predicted molar refractivity (Wildman–Crippen MR) is 128 cm³/mol. The van der Waals surface area contributed by atoms with Gasteiger partial charge in [-0.05, 0) is 41.9 Å². The van der Waals surface area contributed by atoms with Gasteiger partial charge in [-0.25, -0.2) is 0 Å². The Bertz CT molecular complexity index is 1060. The number of ether oxygens (including phenoxy) is 1. The minimum absolute atomic E-state index is 0.0555. The van der Waals surface area contributed by atoms with Crippen LogP contribution < -0.4 is 0 Å². The molecule has 0 saturated carbocycles. The normalized spacial score (nSPS) is 22.3. The molecule has 0 spiro atoms. The lowest BCUT2D eigenvalue weighted by Gasteiger charge is -2.35. The van der Waals surface area contributed by atoms with Gasteiger partial charge in [0.2, 0.25) is 0 Å². The number of nitrogens with zero attached hydrogens (tertiary/aromatic N) is 1. The van der Waals surface area contributed by atoms with E-state index < -0.39 is 7.42 Å². The van der Waals surface area contributed by atoms with Gasteiger partial charge in [-0.2, -0.15) is 0 Å². The summed E-state index contributed by atoms with van der Waals surface area (Å²) in [6.45, 7) is 2.18. The number of para-hydroxylation sites is 1. The van der Waals surface area contributed by atoms with Gasteiger partial charge in [-0.15, -0.1) is 0 Å². The van der Waals surface area contributed by atoms with E-state index in [1.165, 1.54) is 22.1 Å². The molecule has 2 unspecified atom stereocenters. The molecule has 1 saturated heterocycles. The number of aromatic nitrogens is 1. The Morgan fingerprint density at radius 1 is 1.17 bits per heavy atom. The molecule has 2 heterocycles. The second kappa shape index (κ2) is 9.62. The minimum Gasteiger partial charge on any atom is -0.362 e. The fourth-order valence-corrected chi connectivity index (χ4v) is 5.26. The lowest BCUT2D eigenvalue weighted by molar-refractivity contribution is -0.109. The molecule has 0 bridgehead atoms. The van der Waals surface area contributed by atoms with E-state index in [4.69, 9.17) is 9.26 Å². The number of aryl methyl sites for hydroxylation is 1. The zero-order valence-corrected chi connectivity index (χ0v) is 19.4. The van der Waals surface area contributed by atoms with Crippen LogP contribution >= 0.6 is 16.9 Å². The number of fused-ring (bicyclic) bond motifs is 1. The minimum atomic E-state index is -1.50. The van der Waals surface area contributed by atoms with E-state index in [2.05, 4.69) is 82.0 Å². The van der Waals surface area contributed by atoms with Crippen LogP contribution in [0.3, 0.4) is 0 Å². The topological polar surface area (TPSA) is 40.5 Å². The lowest BCUT2D eigenvalue weighted by atomic mass is 10.0. The molecule has 1 fully saturated rings. The molecule has 158 valence electrons. The van der Waals surface area contributed by atoms with E-state index in [9.17, 15) is 4.57 Å². The van der Waals surface area contributed by atoms with Gasteiger partial charge >= 0.3 is 0 Å². The van der Waals surface area contributed by atoms with Crippen molar-refractivity contribution < 1.29 is 13.8 Å². The van der Waals surface area contributed by atoms with E-state index in [0.29, 0.717) is 6.16 Å². The molecule has 2 aromatic carbocycles. The van der Waals surface area contributed by atoms with Crippen molar-refractivity contribution in [2.75, 3.05) is 6.16 Å². The average molecular weight is 441 g/mol. The van der Waals surface area contributed by atoms with Crippen molar-refractivity contribution >= 4 is 34.1 Å². The van der Waals surface area contributed by atoms with Crippen molar-refractivity contribution in [1.29, 1.82) is 0 Å². The molecular formula is C24H29NO3P2. The molecule has 0 N–H and O–H groups in total. The van der Waals surface area contributed by atoms with E-state index >= 15 is 0 Å². The predicted octanol–water partition coefficient (Wildman–Crippen LogP) is 5.91. The third kappa shape index (κ3) is 4.79. The second-order valence-electron chi connectivity index (χ2n) is 8.03. The summed E-state index contributed by atoms with van der Waals surface area (Å²) in [4.78, 5) is 0. The van der Waals surface area contributed by atoms with Crippen molar-refractivity contribution in [3.05, 3.63) is 71.4 Å². The Morgan fingerprint density at radius 3 is 2.60 bits per heavy atom. The van der Waals surface area contributed by atoms with Crippen molar-refractivity contribution in [3.8, 4) is 0 Å². The molecule has 4 nitrogen and oxygen atoms in total. The van der Waals surface area contributed by atoms with Crippen molar-refractivity contribution in [2.45, 2.75) is 51.0 Å². The fraction of sp³-hybridized carbons (Fsp3) is 0.375. The van der Waals surface area contributed by atoms with E-state index in [1.807, 2.05) is 0 Å². The summed E-state index contributed by atoms with van der Waals surface area (Å²) in [5.74, 6) is 0. The average Bonchev–Trinajstić information content (AvgIpc) is 3.12. The highest BCUT2D eigenvalue weighted by Crippen LogP contribution is 2.36. The lowest BCUT2D eigenvalue weighted by Crippen LogP contribution is -2.35. The molecule has 0 aliphatic carbocycles. The zero-order chi connectivity index (χ0) is 21.1. The Balaban J connectivity index is 1.66. The van der Waals surface area contributed by atoms with E-state index in [-0.39, 0.29) is 18.4 Å². The van der Waals surface area contributed by atoms with Gasteiger partial charge in [-0.1, -0.05) is 49.4 Å². The molecule has 6 heteroatoms. The summed E-state index contributed by atoms with van der Waals surface area (Å²) in [6.07, 6.45) is 9.58. The summed E-state index contributed by atoms with van der Waals surface area (Å²) in [6, 6.07) is 17.3. The summed E-state index contributed by atoms with van der Waals surface area (Å²) < 4.78 is 25.9. The number of benzene rings is 2. The van der Waals surface area contributed by atoms with Crippen molar-refractivity contribution in [2.24, 2.45) is 0 Å². The van der Waals surface area contributed by atoms with Crippen LogP contribution in [0.4, 0.5) is 0 Å². The Hall–Kier alpha value is -1.70. The summed E-state index contributed by atoms with van der Waals surface area (Å²) >= 11 is 0. The smallest absolute Gasteiger partial charge is 0.136 e. The first-order valence-electron chi connectivity index (χ1n) is 10.5. The molecule has 1 aliphatic rings. The van der Waals surface area contributed by atoms with Crippen molar-refractivity contribution in [3.63, 3.8) is 0 Å². The number of hydrogen-bond acceptors (Lipinski definition) is 3. The third-order valence-electron chi connectivity index (χ3n) is 5.90. The monoisotopic (exact) mass is 441 g/mol. The molecule has 1 aliphatic heterocycles. The molecule has 3 aromatic rings. The molecule has 0 amide bonds. The maximum absolute atomic E-state index is 11.7. The quantitative estimate of drug-likeness (QED) is 0.428. The van der Waals surface area contributed by atoms with Gasteiger partial charge in [0, 0.05) is 40.1 Å². The highest BCUT2D eigenvalue weighted by atomic mass is 31.1. The van der Waals surface area contributed by atoms with Gasteiger partial charge in [-0.3, -0.25) is 4.57 Å². The highest BCUT2D eigenvalue weighted by molar-refractivity contribution is 7.43. The molecule has 5 atom stereocenters. The summed E-state index contributed by atoms with van der Waals surface area (Å²) in [7, 11) is 0.875. The van der Waals surface area contributed by atoms with Crippen LogP contribution in [0.2, 0.25) is 0 Å². The second-order valence-corrected chi connectivity index (χ2v) is 9.63. The SMILES string of the molecule is C=P(=O)C[C@@H]1C[C@H](OP)C[C@H](n2cc(Cc3ccc(CC)cc3)c3ccccc32)O1. The molecule has 4 rings (SSSR count). The van der Waals surface area contributed by atoms with Crippen LogP contribution in [0.25, 0.3) is 10.9 Å². The maximum atomic E-state index is 11.7. The zero-order valence-electron chi connectivity index (χ0n) is 17.4. The van der Waals surface area contributed by atoms with Crippen molar-refractivity contribution in [1.82, 2.24) is 4.57 Å². The van der Waals surface area contributed by atoms with Crippen LogP contribution in [0.15, 0.2) is 54.7 Å². The van der Waals surface area contributed by atoms with E-state index in [1.54, 1.807) is 0 Å². The molecule has 30 heavy (non-hydrogen) atoms.